The van der Waals surface area contributed by atoms with Crippen LogP contribution < -0.4 is 4.74 Å². The molecule has 0 unspecified atom stereocenters. The van der Waals surface area contributed by atoms with E-state index in [4.69, 9.17) is 14.6 Å². The Bertz CT molecular complexity index is 343. The summed E-state index contributed by atoms with van der Waals surface area (Å²) in [6.45, 7) is 2.09. The molecule has 0 aliphatic carbocycles. The highest BCUT2D eigenvalue weighted by Crippen LogP contribution is 2.13. The number of aromatic nitrogens is 1. The summed E-state index contributed by atoms with van der Waals surface area (Å²) in [4.78, 5) is 15.5. The second kappa shape index (κ2) is 6.07. The summed E-state index contributed by atoms with van der Waals surface area (Å²) >= 11 is 0. The van der Waals surface area contributed by atoms with Crippen molar-refractivity contribution in [2.24, 2.45) is 0 Å². The lowest BCUT2D eigenvalue weighted by atomic mass is 10.2. The summed E-state index contributed by atoms with van der Waals surface area (Å²) in [5, 5.41) is 9.00. The Morgan fingerprint density at radius 1 is 1.50 bits per heavy atom. The maximum Gasteiger partial charge on any atom is 0.357 e. The first-order valence-corrected chi connectivity index (χ1v) is 5.04. The van der Waals surface area contributed by atoms with Gasteiger partial charge in [0.1, 0.15) is 0 Å². The van der Waals surface area contributed by atoms with Crippen molar-refractivity contribution < 1.29 is 19.4 Å². The van der Waals surface area contributed by atoms with Crippen molar-refractivity contribution in [2.45, 2.75) is 20.0 Å². The zero-order valence-corrected chi connectivity index (χ0v) is 9.40. The standard InChI is InChI=1S/C11H15NO4/c1-3-4-16-11(14)9-5-8(7-13)6-10(12-9)15-2/h5-6,13H,3-4,7H2,1-2H3. The molecule has 0 saturated carbocycles. The highest BCUT2D eigenvalue weighted by atomic mass is 16.5. The second-order valence-corrected chi connectivity index (χ2v) is 3.20. The molecular weight excluding hydrogens is 210 g/mol. The monoisotopic (exact) mass is 225 g/mol. The Morgan fingerprint density at radius 3 is 2.81 bits per heavy atom. The van der Waals surface area contributed by atoms with E-state index in [1.165, 1.54) is 13.2 Å². The van der Waals surface area contributed by atoms with E-state index in [1.807, 2.05) is 6.92 Å². The van der Waals surface area contributed by atoms with E-state index in [2.05, 4.69) is 4.98 Å². The zero-order chi connectivity index (χ0) is 12.0. The topological polar surface area (TPSA) is 68.7 Å². The number of pyridine rings is 1. The van der Waals surface area contributed by atoms with E-state index in [1.54, 1.807) is 6.07 Å². The summed E-state index contributed by atoms with van der Waals surface area (Å²) in [6, 6.07) is 3.05. The molecule has 0 aliphatic heterocycles. The normalized spacial score (nSPS) is 9.94. The number of aliphatic hydroxyl groups excluding tert-OH is 1. The zero-order valence-electron chi connectivity index (χ0n) is 9.40. The summed E-state index contributed by atoms with van der Waals surface area (Å²) in [7, 11) is 1.45. The van der Waals surface area contributed by atoms with E-state index < -0.39 is 5.97 Å². The van der Waals surface area contributed by atoms with Crippen LogP contribution in [0.15, 0.2) is 12.1 Å². The molecule has 0 spiro atoms. The average molecular weight is 225 g/mol. The van der Waals surface area contributed by atoms with Gasteiger partial charge in [0.25, 0.3) is 0 Å². The number of esters is 1. The van der Waals surface area contributed by atoms with Crippen LogP contribution in [-0.2, 0) is 11.3 Å². The largest absolute Gasteiger partial charge is 0.481 e. The number of carbonyl (C=O) groups is 1. The van der Waals surface area contributed by atoms with Gasteiger partial charge in [0.05, 0.1) is 20.3 Å². The molecule has 88 valence electrons. The van der Waals surface area contributed by atoms with E-state index in [-0.39, 0.29) is 18.2 Å². The fourth-order valence-corrected chi connectivity index (χ4v) is 1.13. The fourth-order valence-electron chi connectivity index (χ4n) is 1.13. The molecular formula is C11H15NO4. The van der Waals surface area contributed by atoms with Crippen LogP contribution >= 0.6 is 0 Å². The number of hydrogen-bond acceptors (Lipinski definition) is 5. The summed E-state index contributed by atoms with van der Waals surface area (Å²) in [6.07, 6.45) is 0.753. The van der Waals surface area contributed by atoms with Crippen LogP contribution in [-0.4, -0.2) is 29.8 Å². The van der Waals surface area contributed by atoms with Gasteiger partial charge in [0.2, 0.25) is 5.88 Å². The molecule has 0 amide bonds. The molecule has 5 nitrogen and oxygen atoms in total. The van der Waals surface area contributed by atoms with Gasteiger partial charge in [-0.1, -0.05) is 6.92 Å². The van der Waals surface area contributed by atoms with Crippen LogP contribution in [0.2, 0.25) is 0 Å². The van der Waals surface area contributed by atoms with Gasteiger partial charge in [0, 0.05) is 6.07 Å². The summed E-state index contributed by atoms with van der Waals surface area (Å²) < 4.78 is 9.86. The van der Waals surface area contributed by atoms with Crippen LogP contribution in [0, 0.1) is 0 Å². The van der Waals surface area contributed by atoms with Crippen LogP contribution in [0.5, 0.6) is 5.88 Å². The number of aliphatic hydroxyl groups is 1. The minimum atomic E-state index is -0.504. The van der Waals surface area contributed by atoms with E-state index >= 15 is 0 Å². The Hall–Kier alpha value is -1.62. The van der Waals surface area contributed by atoms with Crippen molar-refractivity contribution >= 4 is 5.97 Å². The molecule has 0 aliphatic rings. The molecule has 5 heteroatoms. The number of methoxy groups -OCH3 is 1. The van der Waals surface area contributed by atoms with Crippen molar-refractivity contribution in [3.05, 3.63) is 23.4 Å². The third-order valence-electron chi connectivity index (χ3n) is 1.90. The fraction of sp³-hybridized carbons (Fsp3) is 0.455. The number of hydrogen-bond donors (Lipinski definition) is 1. The minimum absolute atomic E-state index is 0.150. The quantitative estimate of drug-likeness (QED) is 0.761. The number of rotatable bonds is 5. The third kappa shape index (κ3) is 3.20. The maximum atomic E-state index is 11.5. The molecule has 0 radical (unpaired) electrons. The van der Waals surface area contributed by atoms with Gasteiger partial charge in [-0.25, -0.2) is 9.78 Å². The van der Waals surface area contributed by atoms with Gasteiger partial charge in [-0.3, -0.25) is 0 Å². The lowest BCUT2D eigenvalue weighted by molar-refractivity contribution is 0.0497. The molecule has 0 aromatic carbocycles. The second-order valence-electron chi connectivity index (χ2n) is 3.20. The predicted molar refractivity (Wildman–Crippen MR) is 57.3 cm³/mol. The van der Waals surface area contributed by atoms with Gasteiger partial charge >= 0.3 is 5.97 Å². The van der Waals surface area contributed by atoms with E-state index in [9.17, 15) is 4.79 Å². The highest BCUT2D eigenvalue weighted by Gasteiger charge is 2.11. The van der Waals surface area contributed by atoms with Crippen LogP contribution in [0.3, 0.4) is 0 Å². The maximum absolute atomic E-state index is 11.5. The molecule has 1 aromatic heterocycles. The van der Waals surface area contributed by atoms with Crippen LogP contribution in [0.25, 0.3) is 0 Å². The van der Waals surface area contributed by atoms with Crippen LogP contribution in [0.1, 0.15) is 29.4 Å². The first kappa shape index (κ1) is 12.4. The number of nitrogens with zero attached hydrogens (tertiary/aromatic N) is 1. The lowest BCUT2D eigenvalue weighted by Crippen LogP contribution is -2.09. The van der Waals surface area contributed by atoms with Gasteiger partial charge in [-0.2, -0.15) is 0 Å². The van der Waals surface area contributed by atoms with Crippen molar-refractivity contribution in [1.29, 1.82) is 0 Å². The lowest BCUT2D eigenvalue weighted by Gasteiger charge is -2.06. The molecule has 1 heterocycles. The van der Waals surface area contributed by atoms with Crippen molar-refractivity contribution in [2.75, 3.05) is 13.7 Å². The Kier molecular flexibility index (Phi) is 4.72. The summed E-state index contributed by atoms with van der Waals surface area (Å²) in [5.74, 6) is -0.217. The van der Waals surface area contributed by atoms with Crippen molar-refractivity contribution in [3.63, 3.8) is 0 Å². The Balaban J connectivity index is 2.89. The van der Waals surface area contributed by atoms with Crippen molar-refractivity contribution in [1.82, 2.24) is 4.98 Å². The molecule has 0 bridgehead atoms. The van der Waals surface area contributed by atoms with Gasteiger partial charge < -0.3 is 14.6 Å². The highest BCUT2D eigenvalue weighted by molar-refractivity contribution is 5.87. The first-order chi connectivity index (χ1) is 7.71. The van der Waals surface area contributed by atoms with E-state index in [0.717, 1.165) is 6.42 Å². The first-order valence-electron chi connectivity index (χ1n) is 5.04. The number of ether oxygens (including phenoxy) is 2. The Labute approximate surface area is 94.0 Å². The van der Waals surface area contributed by atoms with E-state index in [0.29, 0.717) is 12.2 Å². The van der Waals surface area contributed by atoms with Crippen molar-refractivity contribution in [3.8, 4) is 5.88 Å². The smallest absolute Gasteiger partial charge is 0.357 e. The average Bonchev–Trinajstić information content (AvgIpc) is 2.35. The SMILES string of the molecule is CCCOC(=O)c1cc(CO)cc(OC)n1. The molecule has 1 aromatic rings. The Morgan fingerprint density at radius 2 is 2.25 bits per heavy atom. The molecule has 16 heavy (non-hydrogen) atoms. The van der Waals surface area contributed by atoms with Crippen LogP contribution in [0.4, 0.5) is 0 Å². The molecule has 0 saturated heterocycles. The minimum Gasteiger partial charge on any atom is -0.481 e. The van der Waals surface area contributed by atoms with Gasteiger partial charge in [-0.05, 0) is 18.1 Å². The summed E-state index contributed by atoms with van der Waals surface area (Å²) in [5.41, 5.74) is 0.715. The predicted octanol–water partition coefficient (Wildman–Crippen LogP) is 1.15. The third-order valence-corrected chi connectivity index (χ3v) is 1.90. The molecule has 1 rings (SSSR count). The molecule has 0 fully saturated rings. The van der Waals surface area contributed by atoms with Gasteiger partial charge in [0.15, 0.2) is 5.69 Å². The molecule has 0 atom stereocenters. The number of carbonyl (C=O) groups excluding carboxylic acids is 1. The molecule has 1 N–H and O–H groups in total. The van der Waals surface area contributed by atoms with Gasteiger partial charge in [-0.15, -0.1) is 0 Å².